The Morgan fingerprint density at radius 2 is 2.00 bits per heavy atom. The van der Waals surface area contributed by atoms with Crippen molar-refractivity contribution in [3.63, 3.8) is 0 Å². The van der Waals surface area contributed by atoms with Gasteiger partial charge in [0.2, 0.25) is 5.91 Å². The lowest BCUT2D eigenvalue weighted by Gasteiger charge is -2.36. The third kappa shape index (κ3) is 5.57. The van der Waals surface area contributed by atoms with Crippen LogP contribution in [-0.2, 0) is 9.53 Å². The van der Waals surface area contributed by atoms with Gasteiger partial charge < -0.3 is 20.4 Å². The van der Waals surface area contributed by atoms with Gasteiger partial charge in [0.15, 0.2) is 0 Å². The zero-order chi connectivity index (χ0) is 20.1. The summed E-state index contributed by atoms with van der Waals surface area (Å²) in [5.41, 5.74) is -0.161. The Morgan fingerprint density at radius 3 is 2.72 bits per heavy atom. The van der Waals surface area contributed by atoms with Crippen LogP contribution in [0.2, 0.25) is 0 Å². The molecule has 8 nitrogen and oxygen atoms in total. The molecule has 1 aromatic rings. The fourth-order valence-corrected chi connectivity index (χ4v) is 4.65. The maximum absolute atomic E-state index is 12.9. The van der Waals surface area contributed by atoms with Crippen molar-refractivity contribution in [2.45, 2.75) is 57.0 Å². The van der Waals surface area contributed by atoms with Crippen LogP contribution in [0, 0.1) is 11.8 Å². The molecule has 3 fully saturated rings. The Labute approximate surface area is 171 Å². The molecule has 2 aliphatic heterocycles. The number of anilines is 1. The number of rotatable bonds is 6. The van der Waals surface area contributed by atoms with Crippen molar-refractivity contribution in [1.29, 1.82) is 0 Å². The van der Waals surface area contributed by atoms with Gasteiger partial charge in [0, 0.05) is 51.0 Å². The first kappa shape index (κ1) is 20.3. The highest BCUT2D eigenvalue weighted by Crippen LogP contribution is 2.27. The summed E-state index contributed by atoms with van der Waals surface area (Å²) < 4.78 is 5.55. The van der Waals surface area contributed by atoms with E-state index in [1.165, 1.54) is 31.7 Å². The lowest BCUT2D eigenvalue weighted by Crippen LogP contribution is -2.47. The first-order chi connectivity index (χ1) is 14.2. The molecule has 1 aliphatic carbocycles. The number of likely N-dealkylation sites (tertiary alicyclic amines) is 1. The minimum Gasteiger partial charge on any atom is -0.381 e. The summed E-state index contributed by atoms with van der Waals surface area (Å²) in [6, 6.07) is 2.10. The summed E-state index contributed by atoms with van der Waals surface area (Å²) in [7, 11) is 0. The van der Waals surface area contributed by atoms with Crippen molar-refractivity contribution in [3.8, 4) is 0 Å². The summed E-state index contributed by atoms with van der Waals surface area (Å²) in [5, 5.41) is 6.63. The Bertz CT molecular complexity index is 729. The number of amides is 1. The van der Waals surface area contributed by atoms with Crippen LogP contribution in [0.3, 0.4) is 0 Å². The van der Waals surface area contributed by atoms with Crippen LogP contribution in [0.5, 0.6) is 0 Å². The highest BCUT2D eigenvalue weighted by Gasteiger charge is 2.33. The van der Waals surface area contributed by atoms with Gasteiger partial charge in [0.25, 0.3) is 5.56 Å². The molecule has 3 N–H and O–H groups in total. The molecular weight excluding hydrogens is 370 g/mol. The van der Waals surface area contributed by atoms with Crippen LogP contribution in [0.15, 0.2) is 17.2 Å². The predicted octanol–water partition coefficient (Wildman–Crippen LogP) is 1.36. The fourth-order valence-electron chi connectivity index (χ4n) is 4.65. The van der Waals surface area contributed by atoms with Crippen LogP contribution in [0.1, 0.15) is 44.9 Å². The van der Waals surface area contributed by atoms with E-state index >= 15 is 0 Å². The first-order valence-corrected chi connectivity index (χ1v) is 11.1. The van der Waals surface area contributed by atoms with Crippen molar-refractivity contribution in [2.24, 2.45) is 11.8 Å². The topological polar surface area (TPSA) is 99.4 Å². The number of ether oxygens (including phenoxy) is 1. The summed E-state index contributed by atoms with van der Waals surface area (Å²) in [4.78, 5) is 33.7. The van der Waals surface area contributed by atoms with Gasteiger partial charge in [-0.15, -0.1) is 0 Å². The molecule has 0 spiro atoms. The Balaban J connectivity index is 1.41. The molecule has 3 heterocycles. The fraction of sp³-hybridized carbons (Fsp3) is 0.762. The molecule has 8 heteroatoms. The number of H-pyrrole nitrogens is 1. The molecule has 2 saturated heterocycles. The van der Waals surface area contributed by atoms with Crippen LogP contribution in [0.4, 0.5) is 5.82 Å². The smallest absolute Gasteiger partial charge is 0.252 e. The number of aromatic nitrogens is 2. The molecule has 4 rings (SSSR count). The second-order valence-corrected chi connectivity index (χ2v) is 8.75. The predicted molar refractivity (Wildman–Crippen MR) is 111 cm³/mol. The molecule has 0 aromatic carbocycles. The number of nitrogens with one attached hydrogen (secondary N) is 3. The maximum Gasteiger partial charge on any atom is 0.252 e. The zero-order valence-corrected chi connectivity index (χ0v) is 17.1. The normalized spacial score (nSPS) is 27.0. The van der Waals surface area contributed by atoms with E-state index in [2.05, 4.69) is 25.5 Å². The summed E-state index contributed by atoms with van der Waals surface area (Å²) >= 11 is 0. The van der Waals surface area contributed by atoms with Gasteiger partial charge in [-0.3, -0.25) is 14.5 Å². The van der Waals surface area contributed by atoms with Crippen LogP contribution in [-0.4, -0.2) is 65.7 Å². The third-order valence-corrected chi connectivity index (χ3v) is 6.67. The molecule has 0 radical (unpaired) electrons. The van der Waals surface area contributed by atoms with Crippen LogP contribution < -0.4 is 16.2 Å². The van der Waals surface area contributed by atoms with E-state index in [1.54, 1.807) is 0 Å². The van der Waals surface area contributed by atoms with Gasteiger partial charge in [0.05, 0.1) is 12.2 Å². The average molecular weight is 404 g/mol. The summed E-state index contributed by atoms with van der Waals surface area (Å²) in [6.45, 7) is 4.04. The molecule has 1 amide bonds. The highest BCUT2D eigenvalue weighted by atomic mass is 16.5. The molecule has 29 heavy (non-hydrogen) atoms. The summed E-state index contributed by atoms with van der Waals surface area (Å²) in [6.07, 6.45) is 8.95. The van der Waals surface area contributed by atoms with E-state index < -0.39 is 0 Å². The summed E-state index contributed by atoms with van der Waals surface area (Å²) in [5.74, 6) is 1.48. The Morgan fingerprint density at radius 1 is 1.17 bits per heavy atom. The average Bonchev–Trinajstić information content (AvgIpc) is 2.90. The number of hydrogen-bond acceptors (Lipinski definition) is 6. The van der Waals surface area contributed by atoms with E-state index in [-0.39, 0.29) is 23.4 Å². The number of aromatic amines is 1. The van der Waals surface area contributed by atoms with Crippen LogP contribution in [0.25, 0.3) is 0 Å². The van der Waals surface area contributed by atoms with Gasteiger partial charge in [-0.25, -0.2) is 4.98 Å². The van der Waals surface area contributed by atoms with Gasteiger partial charge in [-0.2, -0.15) is 0 Å². The number of hydrogen-bond donors (Lipinski definition) is 3. The van der Waals surface area contributed by atoms with Crippen molar-refractivity contribution >= 4 is 11.7 Å². The van der Waals surface area contributed by atoms with Gasteiger partial charge in [-0.1, -0.05) is 6.42 Å². The second kappa shape index (κ2) is 9.71. The number of carbonyl (C=O) groups excluding carboxylic acids is 1. The van der Waals surface area contributed by atoms with Gasteiger partial charge in [-0.05, 0) is 44.4 Å². The third-order valence-electron chi connectivity index (χ3n) is 6.67. The van der Waals surface area contributed by atoms with Crippen molar-refractivity contribution < 1.29 is 9.53 Å². The Kier molecular flexibility index (Phi) is 6.82. The quantitative estimate of drug-likeness (QED) is 0.663. The van der Waals surface area contributed by atoms with Gasteiger partial charge in [0.1, 0.15) is 5.82 Å². The van der Waals surface area contributed by atoms with E-state index in [9.17, 15) is 9.59 Å². The molecular formula is C21H33N5O3. The number of nitrogens with zero attached hydrogens (tertiary/aromatic N) is 2. The van der Waals surface area contributed by atoms with Gasteiger partial charge >= 0.3 is 0 Å². The SMILES string of the molecule is O=C(NCC1CCC1)[C@@H]1CC[C@H](Nc2cc(=O)[nH]cn2)CN(C2CCOCC2)C1. The monoisotopic (exact) mass is 403 g/mol. The second-order valence-electron chi connectivity index (χ2n) is 8.75. The van der Waals surface area contributed by atoms with Crippen molar-refractivity contribution in [3.05, 3.63) is 22.7 Å². The standard InChI is InChI=1S/C21H33N5O3/c27-20-10-19(23-14-24-20)25-17-5-4-16(21(28)22-11-15-2-1-3-15)12-26(13-17)18-6-8-29-9-7-18/h10,14-18H,1-9,11-13H2,(H,22,28)(H2,23,24,25,27)/t16-,17+/m1/s1. The van der Waals surface area contributed by atoms with E-state index in [0.717, 1.165) is 58.5 Å². The Hall–Kier alpha value is -1.93. The largest absolute Gasteiger partial charge is 0.381 e. The number of carbonyl (C=O) groups is 1. The highest BCUT2D eigenvalue weighted by molar-refractivity contribution is 5.78. The molecule has 0 bridgehead atoms. The molecule has 1 saturated carbocycles. The van der Waals surface area contributed by atoms with Crippen LogP contribution >= 0.6 is 0 Å². The van der Waals surface area contributed by atoms with E-state index in [1.807, 2.05) is 0 Å². The minimum absolute atomic E-state index is 0.0110. The molecule has 2 atom stereocenters. The lowest BCUT2D eigenvalue weighted by molar-refractivity contribution is -0.126. The van der Waals surface area contributed by atoms with Crippen molar-refractivity contribution in [2.75, 3.05) is 38.2 Å². The molecule has 3 aliphatic rings. The molecule has 160 valence electrons. The molecule has 0 unspecified atom stereocenters. The van der Waals surface area contributed by atoms with E-state index in [0.29, 0.717) is 17.8 Å². The van der Waals surface area contributed by atoms with Crippen molar-refractivity contribution in [1.82, 2.24) is 20.2 Å². The zero-order valence-electron chi connectivity index (χ0n) is 17.1. The van der Waals surface area contributed by atoms with E-state index in [4.69, 9.17) is 4.74 Å². The minimum atomic E-state index is -0.161. The molecule has 1 aromatic heterocycles. The lowest BCUT2D eigenvalue weighted by atomic mass is 9.85. The first-order valence-electron chi connectivity index (χ1n) is 11.1. The maximum atomic E-state index is 12.9.